The summed E-state index contributed by atoms with van der Waals surface area (Å²) < 4.78 is 0. The molecule has 0 bridgehead atoms. The van der Waals surface area contributed by atoms with E-state index in [0.717, 1.165) is 30.4 Å². The molecule has 0 amide bonds. The molecule has 1 aliphatic carbocycles. The van der Waals surface area contributed by atoms with E-state index in [1.54, 1.807) is 0 Å². The van der Waals surface area contributed by atoms with Gasteiger partial charge in [-0.15, -0.1) is 0 Å². The molecule has 0 aromatic carbocycles. The molecule has 1 aromatic heterocycles. The van der Waals surface area contributed by atoms with Crippen molar-refractivity contribution in [2.75, 3.05) is 23.8 Å². The van der Waals surface area contributed by atoms with Crippen molar-refractivity contribution in [1.82, 2.24) is 9.97 Å². The lowest BCUT2D eigenvalue weighted by Crippen LogP contribution is -2.31. The van der Waals surface area contributed by atoms with Gasteiger partial charge in [-0.1, -0.05) is 20.8 Å². The minimum Gasteiger partial charge on any atom is -0.373 e. The molecule has 4 heteroatoms. The Labute approximate surface area is 110 Å². The van der Waals surface area contributed by atoms with Gasteiger partial charge in [0, 0.05) is 32.1 Å². The van der Waals surface area contributed by atoms with E-state index < -0.39 is 0 Å². The van der Waals surface area contributed by atoms with E-state index in [2.05, 4.69) is 47.0 Å². The van der Waals surface area contributed by atoms with E-state index in [9.17, 15) is 0 Å². The topological polar surface area (TPSA) is 41.1 Å². The van der Waals surface area contributed by atoms with Crippen LogP contribution >= 0.6 is 0 Å². The predicted octanol–water partition coefficient (Wildman–Crippen LogP) is 2.71. The first kappa shape index (κ1) is 13.1. The molecule has 0 radical (unpaired) electrons. The molecule has 1 fully saturated rings. The van der Waals surface area contributed by atoms with Crippen LogP contribution in [0.1, 0.15) is 39.4 Å². The summed E-state index contributed by atoms with van der Waals surface area (Å²) in [5.41, 5.74) is 0. The van der Waals surface area contributed by atoms with Gasteiger partial charge in [0.1, 0.15) is 17.5 Å². The van der Waals surface area contributed by atoms with Crippen molar-refractivity contribution in [3.05, 3.63) is 11.9 Å². The molecular weight excluding hydrogens is 224 g/mol. The molecule has 0 spiro atoms. The van der Waals surface area contributed by atoms with Crippen LogP contribution in [0.15, 0.2) is 6.07 Å². The quantitative estimate of drug-likeness (QED) is 0.840. The standard InChI is InChI=1S/C14H24N4/c1-5-12-16-13(15-4)8-14(17-12)18(9-10(2)3)11-6-7-11/h8,10-11H,5-7,9H2,1-4H3,(H,15,16,17). The Morgan fingerprint density at radius 1 is 1.39 bits per heavy atom. The van der Waals surface area contributed by atoms with Crippen LogP contribution in [-0.4, -0.2) is 29.6 Å². The summed E-state index contributed by atoms with van der Waals surface area (Å²) in [7, 11) is 1.91. The Balaban J connectivity index is 2.27. The molecule has 0 unspecified atom stereocenters. The average Bonchev–Trinajstić information content (AvgIpc) is 3.19. The highest BCUT2D eigenvalue weighted by Gasteiger charge is 2.30. The van der Waals surface area contributed by atoms with Crippen molar-refractivity contribution in [2.45, 2.75) is 46.1 Å². The van der Waals surface area contributed by atoms with Crippen LogP contribution in [0.2, 0.25) is 0 Å². The summed E-state index contributed by atoms with van der Waals surface area (Å²) in [6.45, 7) is 7.70. The molecule has 100 valence electrons. The van der Waals surface area contributed by atoms with E-state index in [0.29, 0.717) is 12.0 Å². The van der Waals surface area contributed by atoms with Crippen molar-refractivity contribution in [3.8, 4) is 0 Å². The lowest BCUT2D eigenvalue weighted by molar-refractivity contribution is 0.601. The van der Waals surface area contributed by atoms with Gasteiger partial charge in [-0.2, -0.15) is 0 Å². The van der Waals surface area contributed by atoms with Crippen molar-refractivity contribution >= 4 is 11.6 Å². The predicted molar refractivity (Wildman–Crippen MR) is 76.2 cm³/mol. The van der Waals surface area contributed by atoms with Gasteiger partial charge in [0.25, 0.3) is 0 Å². The molecule has 0 saturated heterocycles. The first-order valence-electron chi connectivity index (χ1n) is 6.96. The van der Waals surface area contributed by atoms with Crippen LogP contribution in [0.4, 0.5) is 11.6 Å². The molecule has 1 aliphatic rings. The van der Waals surface area contributed by atoms with Crippen LogP contribution < -0.4 is 10.2 Å². The van der Waals surface area contributed by atoms with Gasteiger partial charge in [0.15, 0.2) is 0 Å². The maximum absolute atomic E-state index is 4.69. The minimum atomic E-state index is 0.656. The molecule has 4 nitrogen and oxygen atoms in total. The Hall–Kier alpha value is -1.32. The van der Waals surface area contributed by atoms with Gasteiger partial charge in [0.2, 0.25) is 0 Å². The molecule has 2 rings (SSSR count). The highest BCUT2D eigenvalue weighted by molar-refractivity contribution is 5.50. The third-order valence-electron chi connectivity index (χ3n) is 3.18. The summed E-state index contributed by atoms with van der Waals surface area (Å²) in [6, 6.07) is 2.76. The maximum Gasteiger partial charge on any atom is 0.134 e. The number of anilines is 2. The van der Waals surface area contributed by atoms with Gasteiger partial charge >= 0.3 is 0 Å². The smallest absolute Gasteiger partial charge is 0.134 e. The number of aryl methyl sites for hydroxylation is 1. The summed E-state index contributed by atoms with van der Waals surface area (Å²) in [5.74, 6) is 3.59. The van der Waals surface area contributed by atoms with Crippen molar-refractivity contribution in [3.63, 3.8) is 0 Å². The lowest BCUT2D eigenvalue weighted by Gasteiger charge is -2.26. The summed E-state index contributed by atoms with van der Waals surface area (Å²) >= 11 is 0. The molecular formula is C14H24N4. The second-order valence-electron chi connectivity index (χ2n) is 5.41. The van der Waals surface area contributed by atoms with Gasteiger partial charge < -0.3 is 10.2 Å². The number of rotatable bonds is 6. The van der Waals surface area contributed by atoms with Crippen LogP contribution in [0, 0.1) is 5.92 Å². The Morgan fingerprint density at radius 2 is 2.11 bits per heavy atom. The van der Waals surface area contributed by atoms with Crippen LogP contribution in [0.3, 0.4) is 0 Å². The Kier molecular flexibility index (Phi) is 4.04. The third kappa shape index (κ3) is 3.12. The zero-order chi connectivity index (χ0) is 13.1. The molecule has 1 aromatic rings. The van der Waals surface area contributed by atoms with E-state index in [1.807, 2.05) is 7.05 Å². The fourth-order valence-electron chi connectivity index (χ4n) is 2.13. The number of hydrogen-bond acceptors (Lipinski definition) is 4. The third-order valence-corrected chi connectivity index (χ3v) is 3.18. The summed E-state index contributed by atoms with van der Waals surface area (Å²) in [6.07, 6.45) is 3.48. The fourth-order valence-corrected chi connectivity index (χ4v) is 2.13. The zero-order valence-corrected chi connectivity index (χ0v) is 11.9. The largest absolute Gasteiger partial charge is 0.373 e. The van der Waals surface area contributed by atoms with Crippen LogP contribution in [0.5, 0.6) is 0 Å². The van der Waals surface area contributed by atoms with Crippen molar-refractivity contribution in [1.29, 1.82) is 0 Å². The first-order chi connectivity index (χ1) is 8.63. The SMILES string of the molecule is CCc1nc(NC)cc(N(CC(C)C)C2CC2)n1. The van der Waals surface area contributed by atoms with Gasteiger partial charge in [-0.3, -0.25) is 0 Å². The van der Waals surface area contributed by atoms with Gasteiger partial charge in [-0.25, -0.2) is 9.97 Å². The van der Waals surface area contributed by atoms with Gasteiger partial charge in [-0.05, 0) is 18.8 Å². The van der Waals surface area contributed by atoms with Crippen molar-refractivity contribution < 1.29 is 0 Å². The van der Waals surface area contributed by atoms with Crippen LogP contribution in [0.25, 0.3) is 0 Å². The first-order valence-corrected chi connectivity index (χ1v) is 6.96. The Bertz CT molecular complexity index is 377. The molecule has 1 saturated carbocycles. The molecule has 18 heavy (non-hydrogen) atoms. The lowest BCUT2D eigenvalue weighted by atomic mass is 10.2. The second kappa shape index (κ2) is 5.55. The summed E-state index contributed by atoms with van der Waals surface area (Å²) in [4.78, 5) is 11.6. The highest BCUT2D eigenvalue weighted by Crippen LogP contribution is 2.32. The Morgan fingerprint density at radius 3 is 2.61 bits per heavy atom. The highest BCUT2D eigenvalue weighted by atomic mass is 15.2. The van der Waals surface area contributed by atoms with E-state index in [1.165, 1.54) is 12.8 Å². The van der Waals surface area contributed by atoms with E-state index in [4.69, 9.17) is 0 Å². The second-order valence-corrected chi connectivity index (χ2v) is 5.41. The maximum atomic E-state index is 4.69. The van der Waals surface area contributed by atoms with Crippen molar-refractivity contribution in [2.24, 2.45) is 5.92 Å². The normalized spacial score (nSPS) is 14.9. The number of aromatic nitrogens is 2. The van der Waals surface area contributed by atoms with Crippen LogP contribution in [-0.2, 0) is 6.42 Å². The number of nitrogens with zero attached hydrogens (tertiary/aromatic N) is 3. The van der Waals surface area contributed by atoms with E-state index in [-0.39, 0.29) is 0 Å². The monoisotopic (exact) mass is 248 g/mol. The zero-order valence-electron chi connectivity index (χ0n) is 11.9. The number of nitrogens with one attached hydrogen (secondary N) is 1. The number of hydrogen-bond donors (Lipinski definition) is 1. The average molecular weight is 248 g/mol. The fraction of sp³-hybridized carbons (Fsp3) is 0.714. The molecule has 1 heterocycles. The molecule has 1 N–H and O–H groups in total. The summed E-state index contributed by atoms with van der Waals surface area (Å²) in [5, 5.41) is 3.13. The van der Waals surface area contributed by atoms with Gasteiger partial charge in [0.05, 0.1) is 0 Å². The molecule has 0 aliphatic heterocycles. The molecule has 0 atom stereocenters. The minimum absolute atomic E-state index is 0.656. The van der Waals surface area contributed by atoms with E-state index >= 15 is 0 Å².